The molecule has 124 valence electrons. The Morgan fingerprint density at radius 3 is 2.78 bits per heavy atom. The normalized spacial score (nSPS) is 10.8. The van der Waals surface area contributed by atoms with Crippen LogP contribution in [0.1, 0.15) is 17.6 Å². The molecule has 5 nitrogen and oxygen atoms in total. The van der Waals surface area contributed by atoms with E-state index in [0.29, 0.717) is 25.5 Å². The molecule has 0 aliphatic heterocycles. The quantitative estimate of drug-likeness (QED) is 0.693. The number of hydrogen-bond donors (Lipinski definition) is 0. The SMILES string of the molecule is CCOC(=O)CN(C)Cc1csc(COc2ccc(F)cc2)n1. The van der Waals surface area contributed by atoms with Crippen LogP contribution in [0.5, 0.6) is 5.75 Å². The minimum atomic E-state index is -0.293. The number of ether oxygens (including phenoxy) is 2. The van der Waals surface area contributed by atoms with Gasteiger partial charge in [0, 0.05) is 11.9 Å². The molecule has 2 aromatic rings. The molecule has 7 heteroatoms. The van der Waals surface area contributed by atoms with Gasteiger partial charge in [-0.25, -0.2) is 9.37 Å². The van der Waals surface area contributed by atoms with Crippen LogP contribution >= 0.6 is 11.3 Å². The van der Waals surface area contributed by atoms with Crippen molar-refractivity contribution >= 4 is 17.3 Å². The molecular formula is C16H19FN2O3S. The molecule has 0 spiro atoms. The fourth-order valence-corrected chi connectivity index (χ4v) is 2.62. The summed E-state index contributed by atoms with van der Waals surface area (Å²) in [6, 6.07) is 5.87. The number of carbonyl (C=O) groups is 1. The summed E-state index contributed by atoms with van der Waals surface area (Å²) in [4.78, 5) is 17.7. The maximum absolute atomic E-state index is 12.8. The minimum Gasteiger partial charge on any atom is -0.486 e. The Bertz CT molecular complexity index is 631. The molecule has 1 heterocycles. The third-order valence-corrected chi connectivity index (χ3v) is 3.78. The van der Waals surface area contributed by atoms with E-state index < -0.39 is 0 Å². The van der Waals surface area contributed by atoms with Gasteiger partial charge >= 0.3 is 5.97 Å². The van der Waals surface area contributed by atoms with Gasteiger partial charge in [-0.15, -0.1) is 11.3 Å². The van der Waals surface area contributed by atoms with Crippen molar-refractivity contribution in [3.8, 4) is 5.75 Å². The van der Waals surface area contributed by atoms with E-state index in [2.05, 4.69) is 4.98 Å². The Morgan fingerprint density at radius 1 is 1.35 bits per heavy atom. The first kappa shape index (κ1) is 17.4. The van der Waals surface area contributed by atoms with Gasteiger partial charge in [0.05, 0.1) is 18.8 Å². The van der Waals surface area contributed by atoms with Gasteiger partial charge in [-0.05, 0) is 38.2 Å². The van der Waals surface area contributed by atoms with Gasteiger partial charge in [0.2, 0.25) is 0 Å². The van der Waals surface area contributed by atoms with Crippen LogP contribution in [0.15, 0.2) is 29.6 Å². The van der Waals surface area contributed by atoms with Crippen molar-refractivity contribution in [1.29, 1.82) is 0 Å². The molecule has 0 aliphatic rings. The van der Waals surface area contributed by atoms with Crippen molar-refractivity contribution in [2.24, 2.45) is 0 Å². The van der Waals surface area contributed by atoms with Crippen LogP contribution in [0.2, 0.25) is 0 Å². The number of nitrogens with zero attached hydrogens (tertiary/aromatic N) is 2. The molecule has 0 atom stereocenters. The third-order valence-electron chi connectivity index (χ3n) is 2.91. The monoisotopic (exact) mass is 338 g/mol. The lowest BCUT2D eigenvalue weighted by atomic mass is 10.3. The molecule has 1 aromatic heterocycles. The summed E-state index contributed by atoms with van der Waals surface area (Å²) in [5, 5.41) is 2.76. The second-order valence-electron chi connectivity index (χ2n) is 4.95. The Kier molecular flexibility index (Phi) is 6.49. The first-order valence-electron chi connectivity index (χ1n) is 7.22. The molecule has 0 bridgehead atoms. The minimum absolute atomic E-state index is 0.229. The Hall–Kier alpha value is -1.99. The Morgan fingerprint density at radius 2 is 2.09 bits per heavy atom. The molecule has 23 heavy (non-hydrogen) atoms. The van der Waals surface area contributed by atoms with Gasteiger partial charge in [0.1, 0.15) is 23.2 Å². The molecule has 0 fully saturated rings. The van der Waals surface area contributed by atoms with E-state index in [0.717, 1.165) is 10.7 Å². The van der Waals surface area contributed by atoms with Crippen molar-refractivity contribution < 1.29 is 18.7 Å². The number of likely N-dealkylation sites (N-methyl/N-ethyl adjacent to an activating group) is 1. The Balaban J connectivity index is 1.80. The number of halogens is 1. The van der Waals surface area contributed by atoms with Gasteiger partial charge < -0.3 is 9.47 Å². The number of benzene rings is 1. The molecule has 0 saturated carbocycles. The molecule has 0 amide bonds. The number of rotatable bonds is 8. The summed E-state index contributed by atoms with van der Waals surface area (Å²) < 4.78 is 23.3. The average molecular weight is 338 g/mol. The van der Waals surface area contributed by atoms with E-state index in [-0.39, 0.29) is 18.3 Å². The number of aromatic nitrogens is 1. The molecule has 0 aliphatic carbocycles. The fraction of sp³-hybridized carbons (Fsp3) is 0.375. The van der Waals surface area contributed by atoms with E-state index in [1.54, 1.807) is 19.1 Å². The summed E-state index contributed by atoms with van der Waals surface area (Å²) in [5.41, 5.74) is 0.875. The lowest BCUT2D eigenvalue weighted by Gasteiger charge is -2.13. The lowest BCUT2D eigenvalue weighted by molar-refractivity contribution is -0.144. The first-order valence-corrected chi connectivity index (χ1v) is 8.10. The van der Waals surface area contributed by atoms with Crippen LogP contribution in [-0.4, -0.2) is 36.1 Å². The molecule has 0 unspecified atom stereocenters. The summed E-state index contributed by atoms with van der Waals surface area (Å²) in [5.74, 6) is 0.0613. The van der Waals surface area contributed by atoms with E-state index in [1.807, 2.05) is 17.3 Å². The van der Waals surface area contributed by atoms with Crippen LogP contribution in [0, 0.1) is 5.82 Å². The van der Waals surface area contributed by atoms with Crippen LogP contribution in [0.4, 0.5) is 4.39 Å². The summed E-state index contributed by atoms with van der Waals surface area (Å²) in [7, 11) is 1.84. The molecule has 1 aromatic carbocycles. The van der Waals surface area contributed by atoms with Crippen molar-refractivity contribution in [2.75, 3.05) is 20.2 Å². The second-order valence-corrected chi connectivity index (χ2v) is 5.90. The van der Waals surface area contributed by atoms with E-state index in [1.165, 1.54) is 23.5 Å². The maximum atomic E-state index is 12.8. The zero-order valence-electron chi connectivity index (χ0n) is 13.1. The van der Waals surface area contributed by atoms with Gasteiger partial charge in [0.15, 0.2) is 0 Å². The number of thiazole rings is 1. The predicted molar refractivity (Wildman–Crippen MR) is 85.8 cm³/mol. The average Bonchev–Trinajstić information content (AvgIpc) is 2.94. The van der Waals surface area contributed by atoms with Gasteiger partial charge in [0.25, 0.3) is 0 Å². The van der Waals surface area contributed by atoms with Crippen LogP contribution in [0.25, 0.3) is 0 Å². The van der Waals surface area contributed by atoms with Crippen molar-refractivity contribution in [1.82, 2.24) is 9.88 Å². The number of hydrogen-bond acceptors (Lipinski definition) is 6. The summed E-state index contributed by atoms with van der Waals surface area (Å²) in [6.07, 6.45) is 0. The largest absolute Gasteiger partial charge is 0.486 e. The van der Waals surface area contributed by atoms with Crippen molar-refractivity contribution in [2.45, 2.75) is 20.1 Å². The molecular weight excluding hydrogens is 319 g/mol. The van der Waals surface area contributed by atoms with Crippen molar-refractivity contribution in [3.05, 3.63) is 46.2 Å². The van der Waals surface area contributed by atoms with E-state index in [9.17, 15) is 9.18 Å². The van der Waals surface area contributed by atoms with Gasteiger partial charge in [-0.3, -0.25) is 9.69 Å². The number of carbonyl (C=O) groups excluding carboxylic acids is 1. The highest BCUT2D eigenvalue weighted by Crippen LogP contribution is 2.16. The molecule has 2 rings (SSSR count). The van der Waals surface area contributed by atoms with E-state index >= 15 is 0 Å². The van der Waals surface area contributed by atoms with Crippen LogP contribution in [-0.2, 0) is 22.7 Å². The zero-order valence-corrected chi connectivity index (χ0v) is 13.9. The van der Waals surface area contributed by atoms with Crippen molar-refractivity contribution in [3.63, 3.8) is 0 Å². The number of esters is 1. The highest BCUT2D eigenvalue weighted by atomic mass is 32.1. The first-order chi connectivity index (χ1) is 11.1. The zero-order chi connectivity index (χ0) is 16.7. The standard InChI is InChI=1S/C16H19FN2O3S/c1-3-21-16(20)9-19(2)8-13-11-23-15(18-13)10-22-14-6-4-12(17)5-7-14/h4-7,11H,3,8-10H2,1-2H3. The summed E-state index contributed by atoms with van der Waals surface area (Å²) >= 11 is 1.49. The summed E-state index contributed by atoms with van der Waals surface area (Å²) in [6.45, 7) is 3.29. The maximum Gasteiger partial charge on any atom is 0.320 e. The third kappa shape index (κ3) is 5.96. The molecule has 0 N–H and O–H groups in total. The topological polar surface area (TPSA) is 51.7 Å². The molecule has 0 radical (unpaired) electrons. The fourth-order valence-electron chi connectivity index (χ4n) is 1.92. The molecule has 0 saturated heterocycles. The van der Waals surface area contributed by atoms with E-state index in [4.69, 9.17) is 9.47 Å². The van der Waals surface area contributed by atoms with Crippen LogP contribution in [0.3, 0.4) is 0 Å². The van der Waals surface area contributed by atoms with Crippen LogP contribution < -0.4 is 4.74 Å². The Labute approximate surface area is 138 Å². The highest BCUT2D eigenvalue weighted by molar-refractivity contribution is 7.09. The van der Waals surface area contributed by atoms with Gasteiger partial charge in [-0.2, -0.15) is 0 Å². The lowest BCUT2D eigenvalue weighted by Crippen LogP contribution is -2.27. The smallest absolute Gasteiger partial charge is 0.320 e. The second kappa shape index (κ2) is 8.59. The predicted octanol–water partition coefficient (Wildman–Crippen LogP) is 2.86. The highest BCUT2D eigenvalue weighted by Gasteiger charge is 2.10. The van der Waals surface area contributed by atoms with Gasteiger partial charge in [-0.1, -0.05) is 0 Å².